The first kappa shape index (κ1) is 34.5. The zero-order valence-electron chi connectivity index (χ0n) is 27.2. The number of rotatable bonds is 11. The van der Waals surface area contributed by atoms with Gasteiger partial charge in [0.2, 0.25) is 17.0 Å². The van der Waals surface area contributed by atoms with Gasteiger partial charge in [0.1, 0.15) is 23.6 Å². The second-order valence-electron chi connectivity index (χ2n) is 12.2. The van der Waals surface area contributed by atoms with Crippen LogP contribution in [0.25, 0.3) is 0 Å². The highest BCUT2D eigenvalue weighted by molar-refractivity contribution is 7.93. The van der Waals surface area contributed by atoms with Crippen LogP contribution in [-0.2, 0) is 16.6 Å². The molecule has 1 amide bonds. The summed E-state index contributed by atoms with van der Waals surface area (Å²) in [5, 5.41) is 0.172. The van der Waals surface area contributed by atoms with Crippen LogP contribution in [0.1, 0.15) is 65.3 Å². The van der Waals surface area contributed by atoms with Crippen molar-refractivity contribution in [3.8, 4) is 17.2 Å². The Morgan fingerprint density at radius 1 is 1.10 bits per heavy atom. The first-order valence-electron chi connectivity index (χ1n) is 15.7. The number of nitrogens with zero attached hydrogens (tertiary/aromatic N) is 4. The largest absolute Gasteiger partial charge is 0.497 e. The molecule has 49 heavy (non-hydrogen) atoms. The summed E-state index contributed by atoms with van der Waals surface area (Å²) in [6, 6.07) is 16.0. The summed E-state index contributed by atoms with van der Waals surface area (Å²) >= 11 is 0.943. The molecule has 1 aromatic heterocycles. The summed E-state index contributed by atoms with van der Waals surface area (Å²) in [5.41, 5.74) is 7.92. The standard InChI is InChI=1S/C34H37F2N5O6S2/c1-34(35,36)24-11-13-40(29(16-24)21-5-4-6-22(15-21)32(37)42)28-12-14-47-31-18-26(9-10-27(28)31)49(43,44)41(33-38-20-39-48-33)19-23-7-8-25(45-2)17-30(23)46-3/h4-10,15,17-18,20,24,28-29H,11-14,16,19H2,1-3H3,(H2,37,42)/t24-,28+,29+/m1/s1. The molecule has 0 saturated carbocycles. The van der Waals surface area contributed by atoms with Crippen LogP contribution < -0.4 is 24.2 Å². The van der Waals surface area contributed by atoms with Crippen LogP contribution in [0.3, 0.4) is 0 Å². The number of benzene rings is 3. The molecule has 0 spiro atoms. The number of sulfonamides is 1. The van der Waals surface area contributed by atoms with E-state index < -0.39 is 33.8 Å². The van der Waals surface area contributed by atoms with Gasteiger partial charge in [0.15, 0.2) is 0 Å². The highest BCUT2D eigenvalue weighted by Crippen LogP contribution is 2.48. The number of aromatic nitrogens is 2. The lowest BCUT2D eigenvalue weighted by molar-refractivity contribution is -0.0827. The number of piperidine rings is 1. The van der Waals surface area contributed by atoms with Gasteiger partial charge in [0, 0.05) is 64.8 Å². The molecule has 2 aliphatic rings. The van der Waals surface area contributed by atoms with Crippen molar-refractivity contribution in [1.82, 2.24) is 14.3 Å². The number of carbonyl (C=O) groups is 1. The SMILES string of the molecule is COc1ccc(CN(c2ncns2)S(=O)(=O)c2ccc3c(c2)OCC[C@@H]3N2CC[C@@H](C(C)(F)F)C[C@H]2c2cccc(C(N)=O)c2)c(OC)c1. The van der Waals surface area contributed by atoms with Crippen molar-refractivity contribution >= 4 is 32.6 Å². The molecule has 4 aromatic rings. The Bertz CT molecular complexity index is 1920. The molecule has 2 N–H and O–H groups in total. The van der Waals surface area contributed by atoms with Gasteiger partial charge in [-0.05, 0) is 62.2 Å². The molecule has 15 heteroatoms. The summed E-state index contributed by atoms with van der Waals surface area (Å²) in [5.74, 6) is -2.93. The zero-order valence-corrected chi connectivity index (χ0v) is 28.8. The van der Waals surface area contributed by atoms with E-state index in [2.05, 4.69) is 14.3 Å². The van der Waals surface area contributed by atoms with Gasteiger partial charge in [0.05, 0.1) is 32.3 Å². The molecule has 1 saturated heterocycles. The molecule has 0 unspecified atom stereocenters. The van der Waals surface area contributed by atoms with Crippen molar-refractivity contribution in [1.29, 1.82) is 0 Å². The number of anilines is 1. The molecule has 3 aromatic carbocycles. The molecule has 260 valence electrons. The molecule has 11 nitrogen and oxygen atoms in total. The predicted octanol–water partition coefficient (Wildman–Crippen LogP) is 5.98. The van der Waals surface area contributed by atoms with Gasteiger partial charge in [-0.25, -0.2) is 26.5 Å². The number of amides is 1. The summed E-state index contributed by atoms with van der Waals surface area (Å²) in [6.07, 6.45) is 2.31. The second kappa shape index (κ2) is 13.9. The van der Waals surface area contributed by atoms with Gasteiger partial charge in [0.25, 0.3) is 10.0 Å². The van der Waals surface area contributed by atoms with Crippen LogP contribution in [0.4, 0.5) is 13.9 Å². The average molecular weight is 714 g/mol. The van der Waals surface area contributed by atoms with E-state index in [-0.39, 0.29) is 35.5 Å². The number of fused-ring (bicyclic) bond motifs is 1. The number of methoxy groups -OCH3 is 2. The van der Waals surface area contributed by atoms with E-state index in [4.69, 9.17) is 19.9 Å². The van der Waals surface area contributed by atoms with E-state index in [9.17, 15) is 22.0 Å². The molecule has 0 aliphatic carbocycles. The Hall–Kier alpha value is -4.34. The fraction of sp³-hybridized carbons (Fsp3) is 0.382. The minimum absolute atomic E-state index is 0.00961. The number of likely N-dealkylation sites (tertiary alicyclic amines) is 1. The number of alkyl halides is 2. The highest BCUT2D eigenvalue weighted by atomic mass is 32.2. The van der Waals surface area contributed by atoms with Gasteiger partial charge in [-0.2, -0.15) is 4.37 Å². The maximum atomic E-state index is 14.7. The third-order valence-corrected chi connectivity index (χ3v) is 11.8. The monoisotopic (exact) mass is 713 g/mol. The van der Waals surface area contributed by atoms with Crippen LogP contribution in [0, 0.1) is 5.92 Å². The van der Waals surface area contributed by atoms with E-state index in [1.165, 1.54) is 37.0 Å². The lowest BCUT2D eigenvalue weighted by atomic mass is 9.81. The maximum absolute atomic E-state index is 14.7. The molecule has 2 aliphatic heterocycles. The Labute approximate surface area is 287 Å². The zero-order chi connectivity index (χ0) is 34.9. The normalized spacial score (nSPS) is 19.8. The third kappa shape index (κ3) is 7.05. The lowest BCUT2D eigenvalue weighted by Gasteiger charge is -2.46. The molecule has 3 atom stereocenters. The molecule has 0 bridgehead atoms. The Morgan fingerprint density at radius 2 is 1.92 bits per heavy atom. The van der Waals surface area contributed by atoms with Gasteiger partial charge in [-0.3, -0.25) is 9.69 Å². The summed E-state index contributed by atoms with van der Waals surface area (Å²) in [7, 11) is -1.17. The van der Waals surface area contributed by atoms with E-state index >= 15 is 0 Å². The Balaban J connectivity index is 1.35. The Kier molecular flexibility index (Phi) is 9.78. The summed E-state index contributed by atoms with van der Waals surface area (Å²) < 4.78 is 80.0. The molecule has 0 radical (unpaired) electrons. The number of primary amides is 1. The van der Waals surface area contributed by atoms with Gasteiger partial charge in [-0.15, -0.1) is 0 Å². The van der Waals surface area contributed by atoms with E-state index in [0.29, 0.717) is 47.9 Å². The third-order valence-electron chi connectivity index (χ3n) is 9.27. The molecule has 1 fully saturated rings. The number of nitrogens with two attached hydrogens (primary N) is 1. The van der Waals surface area contributed by atoms with Crippen molar-refractivity contribution in [2.24, 2.45) is 11.7 Å². The Morgan fingerprint density at radius 3 is 2.61 bits per heavy atom. The number of hydrogen-bond acceptors (Lipinski definition) is 10. The highest BCUT2D eigenvalue weighted by Gasteiger charge is 2.44. The minimum atomic E-state index is -4.20. The molecule has 3 heterocycles. The van der Waals surface area contributed by atoms with Crippen LogP contribution in [0.5, 0.6) is 17.2 Å². The van der Waals surface area contributed by atoms with Crippen molar-refractivity contribution in [2.75, 3.05) is 31.7 Å². The minimum Gasteiger partial charge on any atom is -0.497 e. The first-order chi connectivity index (χ1) is 23.4. The fourth-order valence-corrected chi connectivity index (χ4v) is 8.84. The smallest absolute Gasteiger partial charge is 0.266 e. The molecule has 6 rings (SSSR count). The van der Waals surface area contributed by atoms with Crippen molar-refractivity contribution in [2.45, 2.75) is 55.6 Å². The average Bonchev–Trinajstić information content (AvgIpc) is 3.64. The van der Waals surface area contributed by atoms with Crippen molar-refractivity contribution < 1.29 is 36.2 Å². The topological polar surface area (TPSA) is 137 Å². The first-order valence-corrected chi connectivity index (χ1v) is 17.9. The van der Waals surface area contributed by atoms with E-state index in [1.807, 2.05) is 6.07 Å². The quantitative estimate of drug-likeness (QED) is 0.199. The van der Waals surface area contributed by atoms with E-state index in [1.54, 1.807) is 42.5 Å². The van der Waals surface area contributed by atoms with Crippen LogP contribution in [0.2, 0.25) is 0 Å². The van der Waals surface area contributed by atoms with Crippen LogP contribution >= 0.6 is 11.5 Å². The number of ether oxygens (including phenoxy) is 3. The number of hydrogen-bond donors (Lipinski definition) is 1. The predicted molar refractivity (Wildman–Crippen MR) is 180 cm³/mol. The fourth-order valence-electron chi connectivity index (χ4n) is 6.70. The van der Waals surface area contributed by atoms with Gasteiger partial charge >= 0.3 is 0 Å². The van der Waals surface area contributed by atoms with Gasteiger partial charge in [-0.1, -0.05) is 18.2 Å². The van der Waals surface area contributed by atoms with Crippen molar-refractivity contribution in [3.05, 3.63) is 89.2 Å². The second-order valence-corrected chi connectivity index (χ2v) is 14.8. The van der Waals surface area contributed by atoms with Crippen LogP contribution in [0.15, 0.2) is 71.9 Å². The van der Waals surface area contributed by atoms with Crippen LogP contribution in [-0.4, -0.2) is 61.9 Å². The summed E-state index contributed by atoms with van der Waals surface area (Å²) in [4.78, 5) is 18.4. The van der Waals surface area contributed by atoms with E-state index in [0.717, 1.165) is 29.6 Å². The van der Waals surface area contributed by atoms with Gasteiger partial charge < -0.3 is 19.9 Å². The van der Waals surface area contributed by atoms with Crippen molar-refractivity contribution in [3.63, 3.8) is 0 Å². The maximum Gasteiger partial charge on any atom is 0.266 e. The molecular weight excluding hydrogens is 677 g/mol. The number of carbonyl (C=O) groups excluding carboxylic acids is 1. The lowest BCUT2D eigenvalue weighted by Crippen LogP contribution is -2.44. The molecular formula is C34H37F2N5O6S2. The summed E-state index contributed by atoms with van der Waals surface area (Å²) in [6.45, 7) is 1.53. The number of halogens is 2.